The van der Waals surface area contributed by atoms with Gasteiger partial charge in [-0.3, -0.25) is 4.79 Å². The van der Waals surface area contributed by atoms with Crippen molar-refractivity contribution in [1.29, 1.82) is 0 Å². The first-order valence-corrected chi connectivity index (χ1v) is 9.87. The number of carbonyl (C=O) groups excluding carboxylic acids is 1. The number of rotatable bonds is 6. The second kappa shape index (κ2) is 8.20. The van der Waals surface area contributed by atoms with E-state index >= 15 is 0 Å². The summed E-state index contributed by atoms with van der Waals surface area (Å²) >= 11 is 0. The van der Waals surface area contributed by atoms with Crippen molar-refractivity contribution in [3.05, 3.63) is 83.4 Å². The molecule has 2 unspecified atom stereocenters. The summed E-state index contributed by atoms with van der Waals surface area (Å²) in [7, 11) is 0. The molecule has 3 aromatic rings. The summed E-state index contributed by atoms with van der Waals surface area (Å²) in [6, 6.07) is 19.7. The number of fused-ring (bicyclic) bond motifs is 2. The molecule has 0 bridgehead atoms. The summed E-state index contributed by atoms with van der Waals surface area (Å²) < 4.78 is 27.1. The van der Waals surface area contributed by atoms with Crippen molar-refractivity contribution in [1.82, 2.24) is 0 Å². The summed E-state index contributed by atoms with van der Waals surface area (Å²) in [4.78, 5) is 13.2. The van der Waals surface area contributed by atoms with Gasteiger partial charge in [-0.2, -0.15) is 0 Å². The predicted molar refractivity (Wildman–Crippen MR) is 109 cm³/mol. The lowest BCUT2D eigenvalue weighted by atomic mass is 9.88. The van der Waals surface area contributed by atoms with Crippen molar-refractivity contribution in [2.24, 2.45) is 0 Å². The van der Waals surface area contributed by atoms with Crippen molar-refractivity contribution in [2.75, 3.05) is 13.6 Å². The molecule has 0 amide bonds. The first-order chi connectivity index (χ1) is 15.2. The fourth-order valence-electron chi connectivity index (χ4n) is 3.66. The van der Waals surface area contributed by atoms with Crippen LogP contribution in [0.15, 0.2) is 66.7 Å². The van der Waals surface area contributed by atoms with Gasteiger partial charge in [0.25, 0.3) is 0 Å². The third-order valence-electron chi connectivity index (χ3n) is 5.29. The normalized spacial score (nSPS) is 15.4. The average Bonchev–Trinajstić information content (AvgIpc) is 3.47. The molecule has 1 N–H and O–H groups in total. The van der Waals surface area contributed by atoms with Crippen LogP contribution in [0.2, 0.25) is 0 Å². The van der Waals surface area contributed by atoms with E-state index < -0.39 is 18.0 Å². The highest BCUT2D eigenvalue weighted by Crippen LogP contribution is 2.41. The molecule has 0 fully saturated rings. The van der Waals surface area contributed by atoms with E-state index in [0.717, 1.165) is 5.56 Å². The Labute approximate surface area is 178 Å². The molecule has 158 valence electrons. The molecule has 2 aliphatic rings. The number of aliphatic hydroxyl groups is 1. The molecule has 0 saturated heterocycles. The Hall–Kier alpha value is -3.71. The minimum atomic E-state index is -1.17. The van der Waals surface area contributed by atoms with Gasteiger partial charge in [0.05, 0.1) is 6.10 Å². The molecule has 3 aromatic carbocycles. The Kier molecular flexibility index (Phi) is 5.09. The third kappa shape index (κ3) is 3.87. The zero-order valence-electron chi connectivity index (χ0n) is 16.5. The van der Waals surface area contributed by atoms with Gasteiger partial charge in [0.2, 0.25) is 13.6 Å². The second-order valence-corrected chi connectivity index (χ2v) is 7.24. The number of esters is 1. The molecule has 2 heterocycles. The molecular formula is C24H20O7. The Morgan fingerprint density at radius 1 is 0.806 bits per heavy atom. The summed E-state index contributed by atoms with van der Waals surface area (Å²) in [5.41, 5.74) is 1.94. The third-order valence-corrected chi connectivity index (χ3v) is 5.29. The Morgan fingerprint density at radius 2 is 1.39 bits per heavy atom. The van der Waals surface area contributed by atoms with Gasteiger partial charge < -0.3 is 28.8 Å². The molecule has 0 radical (unpaired) electrons. The molecule has 31 heavy (non-hydrogen) atoms. The van der Waals surface area contributed by atoms with Gasteiger partial charge in [0.1, 0.15) is 12.5 Å². The summed E-state index contributed by atoms with van der Waals surface area (Å²) in [5, 5.41) is 11.2. The van der Waals surface area contributed by atoms with Crippen LogP contribution in [-0.2, 0) is 16.1 Å². The van der Waals surface area contributed by atoms with E-state index in [1.807, 2.05) is 30.3 Å². The smallest absolute Gasteiger partial charge is 0.316 e. The number of hydrogen-bond acceptors (Lipinski definition) is 7. The minimum absolute atomic E-state index is 0.106. The van der Waals surface area contributed by atoms with Crippen LogP contribution in [0.4, 0.5) is 0 Å². The molecule has 7 nitrogen and oxygen atoms in total. The van der Waals surface area contributed by atoms with Crippen molar-refractivity contribution >= 4 is 5.97 Å². The van der Waals surface area contributed by atoms with E-state index in [1.165, 1.54) is 0 Å². The molecular weight excluding hydrogens is 400 g/mol. The molecule has 7 heteroatoms. The highest BCUT2D eigenvalue weighted by atomic mass is 16.7. The summed E-state index contributed by atoms with van der Waals surface area (Å²) in [6.07, 6.45) is -1.17. The van der Waals surface area contributed by atoms with E-state index in [2.05, 4.69) is 0 Å². The standard InChI is InChI=1S/C24H20O7/c25-23(17-7-9-19-21(11-17)31-14-29-19)22(16-6-8-18-20(10-16)30-13-28-18)24(26)27-12-15-4-2-1-3-5-15/h1-11,22-23,25H,12-14H2. The quantitative estimate of drug-likeness (QED) is 0.609. The van der Waals surface area contributed by atoms with Gasteiger partial charge in [-0.15, -0.1) is 0 Å². The lowest BCUT2D eigenvalue weighted by molar-refractivity contribution is -0.149. The zero-order chi connectivity index (χ0) is 21.2. The van der Waals surface area contributed by atoms with E-state index in [4.69, 9.17) is 23.7 Å². The predicted octanol–water partition coefficient (Wildman–Crippen LogP) is 3.70. The maximum atomic E-state index is 13.2. The summed E-state index contributed by atoms with van der Waals surface area (Å²) in [5.74, 6) is 0.723. The van der Waals surface area contributed by atoms with Crippen LogP contribution in [0, 0.1) is 0 Å². The van der Waals surface area contributed by atoms with Gasteiger partial charge in [-0.1, -0.05) is 42.5 Å². The molecule has 2 atom stereocenters. The highest BCUT2D eigenvalue weighted by Gasteiger charge is 2.33. The molecule has 0 aliphatic carbocycles. The van der Waals surface area contributed by atoms with E-state index in [9.17, 15) is 9.90 Å². The van der Waals surface area contributed by atoms with Crippen LogP contribution in [-0.4, -0.2) is 24.7 Å². The summed E-state index contributed by atoms with van der Waals surface area (Å²) in [6.45, 7) is 0.348. The topological polar surface area (TPSA) is 83.5 Å². The lowest BCUT2D eigenvalue weighted by Crippen LogP contribution is -2.23. The van der Waals surface area contributed by atoms with Crippen LogP contribution >= 0.6 is 0 Å². The van der Waals surface area contributed by atoms with E-state index in [-0.39, 0.29) is 20.2 Å². The fourth-order valence-corrected chi connectivity index (χ4v) is 3.66. The van der Waals surface area contributed by atoms with Gasteiger partial charge >= 0.3 is 5.97 Å². The van der Waals surface area contributed by atoms with Crippen molar-refractivity contribution < 1.29 is 33.6 Å². The van der Waals surface area contributed by atoms with Gasteiger partial charge in [0.15, 0.2) is 23.0 Å². The first-order valence-electron chi connectivity index (χ1n) is 9.87. The van der Waals surface area contributed by atoms with Gasteiger partial charge in [-0.25, -0.2) is 0 Å². The van der Waals surface area contributed by atoms with E-state index in [0.29, 0.717) is 34.1 Å². The fraction of sp³-hybridized carbons (Fsp3) is 0.208. The second-order valence-electron chi connectivity index (χ2n) is 7.24. The molecule has 0 saturated carbocycles. The maximum absolute atomic E-state index is 13.2. The first kappa shape index (κ1) is 19.3. The van der Waals surface area contributed by atoms with Crippen LogP contribution in [0.5, 0.6) is 23.0 Å². The number of benzene rings is 3. The van der Waals surface area contributed by atoms with Crippen LogP contribution in [0.3, 0.4) is 0 Å². The Balaban J connectivity index is 1.45. The number of hydrogen-bond donors (Lipinski definition) is 1. The lowest BCUT2D eigenvalue weighted by Gasteiger charge is -2.23. The number of ether oxygens (including phenoxy) is 5. The van der Waals surface area contributed by atoms with Crippen LogP contribution in [0.1, 0.15) is 28.7 Å². The molecule has 5 rings (SSSR count). The molecule has 2 aliphatic heterocycles. The van der Waals surface area contributed by atoms with Gasteiger partial charge in [0, 0.05) is 0 Å². The minimum Gasteiger partial charge on any atom is -0.460 e. The highest BCUT2D eigenvalue weighted by molar-refractivity contribution is 5.80. The molecule has 0 spiro atoms. The maximum Gasteiger partial charge on any atom is 0.316 e. The average molecular weight is 420 g/mol. The Bertz CT molecular complexity index is 1100. The van der Waals surface area contributed by atoms with Crippen molar-refractivity contribution in [3.63, 3.8) is 0 Å². The van der Waals surface area contributed by atoms with Crippen molar-refractivity contribution in [3.8, 4) is 23.0 Å². The largest absolute Gasteiger partial charge is 0.460 e. The van der Waals surface area contributed by atoms with E-state index in [1.54, 1.807) is 36.4 Å². The van der Waals surface area contributed by atoms with Crippen LogP contribution in [0.25, 0.3) is 0 Å². The van der Waals surface area contributed by atoms with Gasteiger partial charge in [-0.05, 0) is 41.0 Å². The number of aliphatic hydroxyl groups excluding tert-OH is 1. The van der Waals surface area contributed by atoms with Crippen LogP contribution < -0.4 is 18.9 Å². The van der Waals surface area contributed by atoms with Crippen molar-refractivity contribution in [2.45, 2.75) is 18.6 Å². The zero-order valence-corrected chi connectivity index (χ0v) is 16.5. The Morgan fingerprint density at radius 3 is 2.06 bits per heavy atom. The molecule has 0 aromatic heterocycles. The monoisotopic (exact) mass is 420 g/mol. The number of carbonyl (C=O) groups is 1. The SMILES string of the molecule is O=C(OCc1ccccc1)C(c1ccc2c(c1)OCO2)C(O)c1ccc2c(c1)OCO2.